The molecule has 3 rings (SSSR count). The van der Waals surface area contributed by atoms with Gasteiger partial charge < -0.3 is 9.73 Å². The van der Waals surface area contributed by atoms with Crippen molar-refractivity contribution in [3.63, 3.8) is 0 Å². The average Bonchev–Trinajstić information content (AvgIpc) is 2.94. The molecular weight excluding hydrogens is 262 g/mol. The highest BCUT2D eigenvalue weighted by atomic mass is 32.2. The number of hydrogen-bond donors (Lipinski definition) is 1. The van der Waals surface area contributed by atoms with Crippen molar-refractivity contribution >= 4 is 23.1 Å². The van der Waals surface area contributed by atoms with Crippen molar-refractivity contribution in [3.8, 4) is 0 Å². The predicted molar refractivity (Wildman–Crippen MR) is 77.3 cm³/mol. The van der Waals surface area contributed by atoms with Gasteiger partial charge in [0.2, 0.25) is 0 Å². The molecule has 1 N–H and O–H groups in total. The van der Waals surface area contributed by atoms with Gasteiger partial charge in [0.25, 0.3) is 0 Å². The topological polar surface area (TPSA) is 25.2 Å². The second kappa shape index (κ2) is 5.11. The zero-order valence-electron chi connectivity index (χ0n) is 10.6. The lowest BCUT2D eigenvalue weighted by Crippen LogP contribution is -2.25. The second-order valence-electron chi connectivity index (χ2n) is 4.77. The van der Waals surface area contributed by atoms with Crippen LogP contribution in [0.4, 0.5) is 0 Å². The molecule has 0 radical (unpaired) electrons. The van der Waals surface area contributed by atoms with E-state index in [2.05, 4.69) is 29.8 Å². The van der Waals surface area contributed by atoms with Gasteiger partial charge in [-0.2, -0.15) is 0 Å². The SMILES string of the molecule is Cc1ccc(CNC2C[C@H](C)Sc3sccc32)o1. The van der Waals surface area contributed by atoms with E-state index in [0.717, 1.165) is 18.1 Å². The van der Waals surface area contributed by atoms with Crippen LogP contribution in [0.5, 0.6) is 0 Å². The molecule has 2 aromatic rings. The molecule has 0 amide bonds. The number of fused-ring (bicyclic) bond motifs is 1. The largest absolute Gasteiger partial charge is 0.465 e. The fourth-order valence-corrected chi connectivity index (χ4v) is 4.91. The summed E-state index contributed by atoms with van der Waals surface area (Å²) in [5.41, 5.74) is 1.46. The smallest absolute Gasteiger partial charge is 0.117 e. The van der Waals surface area contributed by atoms with Gasteiger partial charge in [-0.25, -0.2) is 0 Å². The minimum absolute atomic E-state index is 0.466. The molecule has 18 heavy (non-hydrogen) atoms. The Labute approximate surface area is 116 Å². The summed E-state index contributed by atoms with van der Waals surface area (Å²) in [6, 6.07) is 6.79. The second-order valence-corrected chi connectivity index (χ2v) is 7.40. The first kappa shape index (κ1) is 12.3. The van der Waals surface area contributed by atoms with Crippen LogP contribution in [0.15, 0.2) is 32.2 Å². The van der Waals surface area contributed by atoms with Gasteiger partial charge in [0, 0.05) is 11.3 Å². The summed E-state index contributed by atoms with van der Waals surface area (Å²) in [6.07, 6.45) is 1.19. The summed E-state index contributed by atoms with van der Waals surface area (Å²) in [6.45, 7) is 5.10. The summed E-state index contributed by atoms with van der Waals surface area (Å²) in [5.74, 6) is 2.01. The van der Waals surface area contributed by atoms with Crippen LogP contribution >= 0.6 is 23.1 Å². The lowest BCUT2D eigenvalue weighted by molar-refractivity contribution is 0.421. The Hall–Kier alpha value is -0.710. The van der Waals surface area contributed by atoms with E-state index < -0.39 is 0 Å². The molecule has 1 aliphatic heterocycles. The molecule has 1 unspecified atom stereocenters. The lowest BCUT2D eigenvalue weighted by Gasteiger charge is -2.27. The van der Waals surface area contributed by atoms with Gasteiger partial charge in [0.15, 0.2) is 0 Å². The number of hydrogen-bond acceptors (Lipinski definition) is 4. The van der Waals surface area contributed by atoms with Gasteiger partial charge in [0.1, 0.15) is 11.5 Å². The van der Waals surface area contributed by atoms with Crippen LogP contribution in [0.25, 0.3) is 0 Å². The predicted octanol–water partition coefficient (Wildman–Crippen LogP) is 4.36. The fourth-order valence-electron chi connectivity index (χ4n) is 2.35. The highest BCUT2D eigenvalue weighted by Crippen LogP contribution is 2.43. The molecule has 1 aliphatic rings. The van der Waals surface area contributed by atoms with Crippen molar-refractivity contribution in [2.24, 2.45) is 0 Å². The Balaban J connectivity index is 1.70. The van der Waals surface area contributed by atoms with E-state index in [1.165, 1.54) is 16.2 Å². The van der Waals surface area contributed by atoms with Gasteiger partial charge in [-0.05, 0) is 42.5 Å². The summed E-state index contributed by atoms with van der Waals surface area (Å²) in [7, 11) is 0. The Morgan fingerprint density at radius 3 is 3.06 bits per heavy atom. The zero-order valence-corrected chi connectivity index (χ0v) is 12.2. The van der Waals surface area contributed by atoms with Crippen LogP contribution < -0.4 is 5.32 Å². The number of aryl methyl sites for hydroxylation is 1. The Morgan fingerprint density at radius 1 is 1.39 bits per heavy atom. The van der Waals surface area contributed by atoms with Crippen molar-refractivity contribution in [2.75, 3.05) is 0 Å². The van der Waals surface area contributed by atoms with E-state index in [1.54, 1.807) is 0 Å². The number of rotatable bonds is 3. The molecule has 3 heterocycles. The van der Waals surface area contributed by atoms with Crippen LogP contribution in [0.3, 0.4) is 0 Å². The van der Waals surface area contributed by atoms with E-state index >= 15 is 0 Å². The van der Waals surface area contributed by atoms with Gasteiger partial charge >= 0.3 is 0 Å². The molecule has 2 nitrogen and oxygen atoms in total. The Morgan fingerprint density at radius 2 is 2.28 bits per heavy atom. The summed E-state index contributed by atoms with van der Waals surface area (Å²) in [5, 5.41) is 6.51. The number of nitrogens with one attached hydrogen (secondary N) is 1. The lowest BCUT2D eigenvalue weighted by atomic mass is 10.0. The minimum atomic E-state index is 0.466. The van der Waals surface area contributed by atoms with Gasteiger partial charge in [0.05, 0.1) is 10.8 Å². The van der Waals surface area contributed by atoms with Gasteiger partial charge in [-0.15, -0.1) is 23.1 Å². The van der Waals surface area contributed by atoms with Gasteiger partial charge in [-0.3, -0.25) is 0 Å². The third-order valence-corrected chi connectivity index (χ3v) is 5.57. The van der Waals surface area contributed by atoms with Crippen LogP contribution in [0.1, 0.15) is 36.5 Å². The first-order valence-corrected chi connectivity index (χ1v) is 8.01. The molecule has 2 aromatic heterocycles. The van der Waals surface area contributed by atoms with E-state index in [4.69, 9.17) is 4.42 Å². The quantitative estimate of drug-likeness (QED) is 0.903. The number of thioether (sulfide) groups is 1. The first-order chi connectivity index (χ1) is 8.72. The molecule has 4 heteroatoms. The molecular formula is C14H17NOS2. The zero-order chi connectivity index (χ0) is 12.5. The highest BCUT2D eigenvalue weighted by Gasteiger charge is 2.25. The number of thiophene rings is 1. The molecule has 0 aromatic carbocycles. The average molecular weight is 279 g/mol. The molecule has 0 saturated carbocycles. The maximum absolute atomic E-state index is 5.61. The molecule has 2 atom stereocenters. The summed E-state index contributed by atoms with van der Waals surface area (Å²) < 4.78 is 7.08. The van der Waals surface area contributed by atoms with E-state index in [9.17, 15) is 0 Å². The summed E-state index contributed by atoms with van der Waals surface area (Å²) >= 11 is 3.86. The third-order valence-electron chi connectivity index (χ3n) is 3.23. The van der Waals surface area contributed by atoms with Crippen molar-refractivity contribution in [3.05, 3.63) is 40.7 Å². The fraction of sp³-hybridized carbons (Fsp3) is 0.429. The standard InChI is InChI=1S/C14H17NOS2/c1-9-3-4-11(16-9)8-15-13-7-10(2)18-14-12(13)5-6-17-14/h3-6,10,13,15H,7-8H2,1-2H3/t10-,13?/m0/s1. The normalized spacial score (nSPS) is 23.0. The maximum Gasteiger partial charge on any atom is 0.117 e. The first-order valence-electron chi connectivity index (χ1n) is 6.25. The molecule has 0 spiro atoms. The third kappa shape index (κ3) is 2.51. The number of furan rings is 1. The van der Waals surface area contributed by atoms with Crippen molar-refractivity contribution < 1.29 is 4.42 Å². The highest BCUT2D eigenvalue weighted by molar-refractivity contribution is 8.01. The van der Waals surface area contributed by atoms with E-state index in [-0.39, 0.29) is 0 Å². The van der Waals surface area contributed by atoms with E-state index in [0.29, 0.717) is 11.3 Å². The molecule has 0 aliphatic carbocycles. The molecule has 0 saturated heterocycles. The summed E-state index contributed by atoms with van der Waals surface area (Å²) in [4.78, 5) is 0. The van der Waals surface area contributed by atoms with Crippen LogP contribution in [0.2, 0.25) is 0 Å². The van der Waals surface area contributed by atoms with Gasteiger partial charge in [-0.1, -0.05) is 6.92 Å². The monoisotopic (exact) mass is 279 g/mol. The van der Waals surface area contributed by atoms with Crippen molar-refractivity contribution in [2.45, 2.75) is 42.3 Å². The molecule has 0 fully saturated rings. The molecule has 0 bridgehead atoms. The Bertz CT molecular complexity index is 531. The van der Waals surface area contributed by atoms with E-state index in [1.807, 2.05) is 36.1 Å². The Kier molecular flexibility index (Phi) is 3.50. The minimum Gasteiger partial charge on any atom is -0.465 e. The van der Waals surface area contributed by atoms with Crippen LogP contribution in [-0.4, -0.2) is 5.25 Å². The van der Waals surface area contributed by atoms with Crippen LogP contribution in [0, 0.1) is 6.92 Å². The van der Waals surface area contributed by atoms with Crippen molar-refractivity contribution in [1.29, 1.82) is 0 Å². The van der Waals surface area contributed by atoms with Crippen LogP contribution in [-0.2, 0) is 6.54 Å². The molecule has 96 valence electrons. The maximum atomic E-state index is 5.61. The van der Waals surface area contributed by atoms with Crippen molar-refractivity contribution in [1.82, 2.24) is 5.32 Å².